The molecule has 3 aromatic heterocycles. The summed E-state index contributed by atoms with van der Waals surface area (Å²) in [5.74, 6) is 0.919. The number of anilines is 3. The van der Waals surface area contributed by atoms with Crippen LogP contribution in [0, 0.1) is 0 Å². The summed E-state index contributed by atoms with van der Waals surface area (Å²) in [4.78, 5) is 29.0. The van der Waals surface area contributed by atoms with Crippen molar-refractivity contribution in [2.24, 2.45) is 7.05 Å². The van der Waals surface area contributed by atoms with Gasteiger partial charge in [-0.05, 0) is 30.3 Å². The average molecular weight is 468 g/mol. The molecular weight excluding hydrogens is 446 g/mol. The van der Waals surface area contributed by atoms with Crippen molar-refractivity contribution in [1.82, 2.24) is 19.5 Å². The van der Waals surface area contributed by atoms with Crippen LogP contribution in [0.4, 0.5) is 17.5 Å². The maximum absolute atomic E-state index is 12.8. The van der Waals surface area contributed by atoms with Crippen LogP contribution >= 0.6 is 0 Å². The number of piperazine rings is 1. The second-order valence-corrected chi connectivity index (χ2v) is 9.28. The summed E-state index contributed by atoms with van der Waals surface area (Å²) in [6.07, 6.45) is 4.66. The normalized spacial score (nSPS) is 14.6. The third-order valence-electron chi connectivity index (χ3n) is 5.50. The molecule has 4 heterocycles. The van der Waals surface area contributed by atoms with Crippen LogP contribution in [0.15, 0.2) is 69.1 Å². The zero-order chi connectivity index (χ0) is 23.0. The molecule has 1 N–H and O–H groups in total. The number of oxazole rings is 1. The predicted molar refractivity (Wildman–Crippen MR) is 123 cm³/mol. The Hall–Kier alpha value is -3.93. The summed E-state index contributed by atoms with van der Waals surface area (Å²) in [6.45, 7) is 3.03. The summed E-state index contributed by atoms with van der Waals surface area (Å²) >= 11 is 0. The first-order chi connectivity index (χ1) is 15.9. The van der Waals surface area contributed by atoms with Gasteiger partial charge in [-0.3, -0.25) is 9.29 Å². The van der Waals surface area contributed by atoms with E-state index in [1.165, 1.54) is 42.2 Å². The number of aromatic nitrogens is 4. The van der Waals surface area contributed by atoms with Crippen LogP contribution < -0.4 is 20.3 Å². The van der Waals surface area contributed by atoms with Crippen LogP contribution in [-0.2, 0) is 17.1 Å². The number of aryl methyl sites for hydroxylation is 1. The number of nitrogens with zero attached hydrogens (tertiary/aromatic N) is 6. The highest BCUT2D eigenvalue weighted by Gasteiger charge is 2.21. The lowest BCUT2D eigenvalue weighted by molar-refractivity contribution is 0.528. The van der Waals surface area contributed by atoms with Crippen LogP contribution in [-0.4, -0.2) is 54.1 Å². The number of pyridine rings is 1. The zero-order valence-corrected chi connectivity index (χ0v) is 18.6. The molecule has 1 aliphatic rings. The number of hydrogen-bond acceptors (Lipinski definition) is 9. The molecule has 0 unspecified atom stereocenters. The maximum atomic E-state index is 12.8. The molecule has 0 saturated carbocycles. The quantitative estimate of drug-likeness (QED) is 0.464. The molecule has 0 bridgehead atoms. The van der Waals surface area contributed by atoms with Crippen molar-refractivity contribution in [3.63, 3.8) is 0 Å². The van der Waals surface area contributed by atoms with Gasteiger partial charge in [-0.25, -0.2) is 28.2 Å². The van der Waals surface area contributed by atoms with E-state index in [0.29, 0.717) is 17.0 Å². The third-order valence-corrected chi connectivity index (χ3v) is 6.88. The van der Waals surface area contributed by atoms with E-state index in [4.69, 9.17) is 4.42 Å². The first-order valence-corrected chi connectivity index (χ1v) is 11.7. The molecule has 4 aromatic rings. The summed E-state index contributed by atoms with van der Waals surface area (Å²) < 4.78 is 34.4. The van der Waals surface area contributed by atoms with E-state index < -0.39 is 15.8 Å². The van der Waals surface area contributed by atoms with Gasteiger partial charge in [-0.15, -0.1) is 0 Å². The maximum Gasteiger partial charge on any atom is 0.419 e. The lowest BCUT2D eigenvalue weighted by Gasteiger charge is -2.35. The number of rotatable bonds is 5. The molecule has 1 aliphatic heterocycles. The topological polar surface area (TPSA) is 126 Å². The first kappa shape index (κ1) is 20.9. The molecule has 0 amide bonds. The van der Waals surface area contributed by atoms with Crippen molar-refractivity contribution in [2.75, 3.05) is 40.7 Å². The molecule has 12 heteroatoms. The van der Waals surface area contributed by atoms with Crippen molar-refractivity contribution in [2.45, 2.75) is 4.90 Å². The highest BCUT2D eigenvalue weighted by molar-refractivity contribution is 7.92. The Labute approximate surface area is 189 Å². The zero-order valence-electron chi connectivity index (χ0n) is 17.7. The fraction of sp³-hybridized carbons (Fsp3) is 0.238. The van der Waals surface area contributed by atoms with Crippen LogP contribution in [0.1, 0.15) is 0 Å². The average Bonchev–Trinajstić information content (AvgIpc) is 3.13. The van der Waals surface area contributed by atoms with E-state index in [9.17, 15) is 13.2 Å². The van der Waals surface area contributed by atoms with Gasteiger partial charge in [0.1, 0.15) is 5.82 Å². The minimum atomic E-state index is -3.90. The van der Waals surface area contributed by atoms with Gasteiger partial charge in [-0.2, -0.15) is 0 Å². The first-order valence-electron chi connectivity index (χ1n) is 10.3. The van der Waals surface area contributed by atoms with Gasteiger partial charge in [0.05, 0.1) is 28.5 Å². The number of benzene rings is 1. The largest absolute Gasteiger partial charge is 0.419 e. The molecule has 1 fully saturated rings. The van der Waals surface area contributed by atoms with Crippen molar-refractivity contribution in [3.8, 4) is 0 Å². The van der Waals surface area contributed by atoms with Gasteiger partial charge in [0.25, 0.3) is 10.0 Å². The minimum absolute atomic E-state index is 0.00104. The highest BCUT2D eigenvalue weighted by atomic mass is 32.2. The van der Waals surface area contributed by atoms with Crippen LogP contribution in [0.25, 0.3) is 11.1 Å². The third kappa shape index (κ3) is 4.12. The Balaban J connectivity index is 1.27. The summed E-state index contributed by atoms with van der Waals surface area (Å²) in [7, 11) is -2.39. The molecular formula is C21H21N7O4S. The van der Waals surface area contributed by atoms with E-state index >= 15 is 0 Å². The minimum Gasteiger partial charge on any atom is -0.408 e. The SMILES string of the molecule is Cn1c(=O)oc2ccc(S(=O)(=O)Nc3cnc(N4CCN(c5ccccn5)CC4)nc3)cc21. The van der Waals surface area contributed by atoms with E-state index in [1.54, 1.807) is 6.20 Å². The Kier molecular flexibility index (Phi) is 5.21. The molecule has 0 radical (unpaired) electrons. The molecule has 1 saturated heterocycles. The molecule has 33 heavy (non-hydrogen) atoms. The Morgan fingerprint density at radius 1 is 0.970 bits per heavy atom. The Morgan fingerprint density at radius 2 is 1.70 bits per heavy atom. The van der Waals surface area contributed by atoms with Crippen LogP contribution in [0.3, 0.4) is 0 Å². The molecule has 170 valence electrons. The van der Waals surface area contributed by atoms with E-state index in [0.717, 1.165) is 32.0 Å². The molecule has 1 aromatic carbocycles. The van der Waals surface area contributed by atoms with Crippen LogP contribution in [0.5, 0.6) is 0 Å². The Morgan fingerprint density at radius 3 is 2.39 bits per heavy atom. The molecule has 11 nitrogen and oxygen atoms in total. The molecule has 0 atom stereocenters. The van der Waals surface area contributed by atoms with E-state index in [-0.39, 0.29) is 10.6 Å². The van der Waals surface area contributed by atoms with Crippen LogP contribution in [0.2, 0.25) is 0 Å². The van der Waals surface area contributed by atoms with Crippen molar-refractivity contribution in [3.05, 3.63) is 65.5 Å². The predicted octanol–water partition coefficient (Wildman–Crippen LogP) is 1.44. The number of nitrogens with one attached hydrogen (secondary N) is 1. The molecule has 0 aliphatic carbocycles. The summed E-state index contributed by atoms with van der Waals surface area (Å²) in [6, 6.07) is 10.1. The molecule has 0 spiro atoms. The number of hydrogen-bond donors (Lipinski definition) is 1. The van der Waals surface area contributed by atoms with Crippen molar-refractivity contribution in [1.29, 1.82) is 0 Å². The van der Waals surface area contributed by atoms with E-state index in [2.05, 4.69) is 24.6 Å². The standard InChI is InChI=1S/C21H21N7O4S/c1-26-17-12-16(5-6-18(17)32-21(26)29)33(30,31)25-15-13-23-20(24-14-15)28-10-8-27(9-11-28)19-4-2-3-7-22-19/h2-7,12-14,25H,8-11H2,1H3. The van der Waals surface area contributed by atoms with Gasteiger partial charge in [0.15, 0.2) is 5.58 Å². The summed E-state index contributed by atoms with van der Waals surface area (Å²) in [5.41, 5.74) is 0.948. The highest BCUT2D eigenvalue weighted by Crippen LogP contribution is 2.21. The second kappa shape index (κ2) is 8.20. The Bertz CT molecular complexity index is 1440. The van der Waals surface area contributed by atoms with Crippen molar-refractivity contribution >= 4 is 38.6 Å². The van der Waals surface area contributed by atoms with Gasteiger partial charge >= 0.3 is 5.76 Å². The van der Waals surface area contributed by atoms with Crippen molar-refractivity contribution < 1.29 is 12.8 Å². The van der Waals surface area contributed by atoms with Gasteiger partial charge in [0.2, 0.25) is 5.95 Å². The lowest BCUT2D eigenvalue weighted by Crippen LogP contribution is -2.47. The monoisotopic (exact) mass is 467 g/mol. The number of sulfonamides is 1. The lowest BCUT2D eigenvalue weighted by atomic mass is 10.3. The van der Waals surface area contributed by atoms with E-state index in [1.807, 2.05) is 23.1 Å². The van der Waals surface area contributed by atoms with Gasteiger partial charge in [0, 0.05) is 39.4 Å². The number of fused-ring (bicyclic) bond motifs is 1. The van der Waals surface area contributed by atoms with Gasteiger partial charge in [-0.1, -0.05) is 6.07 Å². The van der Waals surface area contributed by atoms with Gasteiger partial charge < -0.3 is 14.2 Å². The fourth-order valence-corrected chi connectivity index (χ4v) is 4.75. The summed E-state index contributed by atoms with van der Waals surface area (Å²) in [5, 5.41) is 0. The smallest absolute Gasteiger partial charge is 0.408 e. The fourth-order valence-electron chi connectivity index (χ4n) is 3.70. The second-order valence-electron chi connectivity index (χ2n) is 7.60. The molecule has 5 rings (SSSR count).